The first-order chi connectivity index (χ1) is 14.2. The van der Waals surface area contributed by atoms with E-state index in [2.05, 4.69) is 67.2 Å². The largest absolute Gasteiger partial charge is 0.383 e. The van der Waals surface area contributed by atoms with Crippen molar-refractivity contribution in [1.29, 1.82) is 0 Å². The van der Waals surface area contributed by atoms with Gasteiger partial charge < -0.3 is 15.4 Å². The van der Waals surface area contributed by atoms with E-state index in [-0.39, 0.29) is 0 Å². The SMILES string of the molecule is Nc1ncnc2nc(-c3ccc(N4CCOCC4)cc3)cc(-c3ccc(Br)s3)c12. The van der Waals surface area contributed by atoms with Crippen LogP contribution in [0.4, 0.5) is 11.5 Å². The fourth-order valence-corrected chi connectivity index (χ4v) is 4.96. The Morgan fingerprint density at radius 1 is 1.03 bits per heavy atom. The molecule has 0 unspecified atom stereocenters. The van der Waals surface area contributed by atoms with Crippen molar-refractivity contribution in [2.45, 2.75) is 0 Å². The molecule has 1 saturated heterocycles. The number of halogens is 1. The molecule has 4 aromatic rings. The van der Waals surface area contributed by atoms with Crippen molar-refractivity contribution in [3.8, 4) is 21.7 Å². The fourth-order valence-electron chi connectivity index (χ4n) is 3.55. The lowest BCUT2D eigenvalue weighted by Crippen LogP contribution is -2.36. The van der Waals surface area contributed by atoms with E-state index in [0.717, 1.165) is 57.2 Å². The molecule has 0 amide bonds. The van der Waals surface area contributed by atoms with E-state index in [9.17, 15) is 0 Å². The van der Waals surface area contributed by atoms with Gasteiger partial charge in [0.1, 0.15) is 12.1 Å². The molecule has 146 valence electrons. The molecule has 8 heteroatoms. The molecular weight excluding hydrogens is 450 g/mol. The zero-order valence-electron chi connectivity index (χ0n) is 15.5. The lowest BCUT2D eigenvalue weighted by Gasteiger charge is -2.28. The number of anilines is 2. The van der Waals surface area contributed by atoms with Crippen LogP contribution < -0.4 is 10.6 Å². The van der Waals surface area contributed by atoms with Gasteiger partial charge in [-0.15, -0.1) is 11.3 Å². The standard InChI is InChI=1S/C21H18BrN5OS/c22-18-6-5-17(29-18)15-11-16(26-21-19(15)20(23)24-12-25-21)13-1-3-14(4-2-13)27-7-9-28-10-8-27/h1-6,11-12H,7-10H2,(H2,23,24,25,26). The van der Waals surface area contributed by atoms with Crippen LogP contribution in [0, 0.1) is 0 Å². The van der Waals surface area contributed by atoms with Crippen LogP contribution in [0.5, 0.6) is 0 Å². The number of nitrogens with two attached hydrogens (primary N) is 1. The number of morpholine rings is 1. The summed E-state index contributed by atoms with van der Waals surface area (Å²) in [7, 11) is 0. The Kier molecular flexibility index (Phi) is 4.91. The molecule has 0 spiro atoms. The molecule has 2 N–H and O–H groups in total. The van der Waals surface area contributed by atoms with Gasteiger partial charge in [0, 0.05) is 34.8 Å². The van der Waals surface area contributed by atoms with Crippen molar-refractivity contribution in [3.63, 3.8) is 0 Å². The van der Waals surface area contributed by atoms with Gasteiger partial charge in [0.15, 0.2) is 5.65 Å². The van der Waals surface area contributed by atoms with Gasteiger partial charge in [0.25, 0.3) is 0 Å². The highest BCUT2D eigenvalue weighted by atomic mass is 79.9. The molecule has 3 aromatic heterocycles. The number of nitrogens with zero attached hydrogens (tertiary/aromatic N) is 4. The quantitative estimate of drug-likeness (QED) is 0.474. The van der Waals surface area contributed by atoms with Crippen molar-refractivity contribution in [2.24, 2.45) is 0 Å². The van der Waals surface area contributed by atoms with E-state index in [1.165, 1.54) is 12.0 Å². The van der Waals surface area contributed by atoms with E-state index in [4.69, 9.17) is 15.5 Å². The third-order valence-electron chi connectivity index (χ3n) is 5.01. The van der Waals surface area contributed by atoms with Crippen LogP contribution in [0.15, 0.2) is 52.6 Å². The van der Waals surface area contributed by atoms with Crippen LogP contribution in [0.3, 0.4) is 0 Å². The lowest BCUT2D eigenvalue weighted by atomic mass is 10.0. The number of pyridine rings is 1. The predicted octanol–water partition coefficient (Wildman–Crippen LogP) is 4.60. The van der Waals surface area contributed by atoms with E-state index in [1.807, 2.05) is 6.07 Å². The highest BCUT2D eigenvalue weighted by molar-refractivity contribution is 9.11. The maximum atomic E-state index is 6.18. The number of nitrogen functional groups attached to an aromatic ring is 1. The first kappa shape index (κ1) is 18.5. The number of aromatic nitrogens is 3. The summed E-state index contributed by atoms with van der Waals surface area (Å²) < 4.78 is 6.50. The number of ether oxygens (including phenoxy) is 1. The van der Waals surface area contributed by atoms with Crippen molar-refractivity contribution in [2.75, 3.05) is 36.9 Å². The van der Waals surface area contributed by atoms with Crippen LogP contribution in [0.25, 0.3) is 32.7 Å². The van der Waals surface area contributed by atoms with E-state index in [1.54, 1.807) is 11.3 Å². The molecule has 1 aliphatic heterocycles. The van der Waals surface area contributed by atoms with E-state index in [0.29, 0.717) is 11.5 Å². The number of rotatable bonds is 3. The zero-order chi connectivity index (χ0) is 19.8. The second-order valence-electron chi connectivity index (χ2n) is 6.76. The Hall–Kier alpha value is -2.55. The molecular formula is C21H18BrN5OS. The highest BCUT2D eigenvalue weighted by Gasteiger charge is 2.16. The minimum Gasteiger partial charge on any atom is -0.383 e. The first-order valence-corrected chi connectivity index (χ1v) is 10.9. The maximum Gasteiger partial charge on any atom is 0.165 e. The molecule has 4 heterocycles. The summed E-state index contributed by atoms with van der Waals surface area (Å²) in [6.45, 7) is 3.38. The zero-order valence-corrected chi connectivity index (χ0v) is 17.9. The van der Waals surface area contributed by atoms with Gasteiger partial charge in [-0.05, 0) is 46.3 Å². The van der Waals surface area contributed by atoms with Gasteiger partial charge in [-0.25, -0.2) is 15.0 Å². The van der Waals surface area contributed by atoms with Gasteiger partial charge in [0.2, 0.25) is 0 Å². The molecule has 5 rings (SSSR count). The third kappa shape index (κ3) is 3.59. The number of hydrogen-bond acceptors (Lipinski definition) is 7. The van der Waals surface area contributed by atoms with E-state index < -0.39 is 0 Å². The maximum absolute atomic E-state index is 6.18. The van der Waals surface area contributed by atoms with Crippen LogP contribution in [0.1, 0.15) is 0 Å². The number of hydrogen-bond donors (Lipinski definition) is 1. The molecule has 6 nitrogen and oxygen atoms in total. The Morgan fingerprint density at radius 2 is 1.83 bits per heavy atom. The average Bonchev–Trinajstić information content (AvgIpc) is 3.20. The molecule has 29 heavy (non-hydrogen) atoms. The van der Waals surface area contributed by atoms with Gasteiger partial charge >= 0.3 is 0 Å². The van der Waals surface area contributed by atoms with Crippen molar-refractivity contribution in [3.05, 3.63) is 52.6 Å². The van der Waals surface area contributed by atoms with Crippen molar-refractivity contribution < 1.29 is 4.74 Å². The Balaban J connectivity index is 1.60. The minimum atomic E-state index is 0.441. The van der Waals surface area contributed by atoms with Gasteiger partial charge in [-0.3, -0.25) is 0 Å². The van der Waals surface area contributed by atoms with Crippen LogP contribution in [-0.2, 0) is 4.74 Å². The smallest absolute Gasteiger partial charge is 0.165 e. The van der Waals surface area contributed by atoms with Crippen LogP contribution in [0.2, 0.25) is 0 Å². The molecule has 0 atom stereocenters. The molecule has 0 bridgehead atoms. The summed E-state index contributed by atoms with van der Waals surface area (Å²) in [5, 5.41) is 0.788. The Labute approximate surface area is 180 Å². The van der Waals surface area contributed by atoms with Gasteiger partial charge in [-0.1, -0.05) is 12.1 Å². The molecule has 0 saturated carbocycles. The van der Waals surface area contributed by atoms with E-state index >= 15 is 0 Å². The van der Waals surface area contributed by atoms with Crippen LogP contribution >= 0.6 is 27.3 Å². The molecule has 0 aliphatic carbocycles. The molecule has 1 aromatic carbocycles. The highest BCUT2D eigenvalue weighted by Crippen LogP contribution is 2.38. The molecule has 0 radical (unpaired) electrons. The Bertz CT molecular complexity index is 1170. The lowest BCUT2D eigenvalue weighted by molar-refractivity contribution is 0.122. The summed E-state index contributed by atoms with van der Waals surface area (Å²) in [5.41, 5.74) is 10.9. The van der Waals surface area contributed by atoms with Gasteiger partial charge in [-0.2, -0.15) is 0 Å². The minimum absolute atomic E-state index is 0.441. The molecule has 1 aliphatic rings. The van der Waals surface area contributed by atoms with Gasteiger partial charge in [0.05, 0.1) is 28.1 Å². The summed E-state index contributed by atoms with van der Waals surface area (Å²) in [6, 6.07) is 14.7. The first-order valence-electron chi connectivity index (χ1n) is 9.29. The summed E-state index contributed by atoms with van der Waals surface area (Å²) >= 11 is 5.20. The van der Waals surface area contributed by atoms with Crippen molar-refractivity contribution in [1.82, 2.24) is 15.0 Å². The topological polar surface area (TPSA) is 77.2 Å². The number of thiophene rings is 1. The predicted molar refractivity (Wildman–Crippen MR) is 121 cm³/mol. The normalized spacial score (nSPS) is 14.4. The Morgan fingerprint density at radius 3 is 2.55 bits per heavy atom. The summed E-state index contributed by atoms with van der Waals surface area (Å²) in [6.07, 6.45) is 1.46. The molecule has 1 fully saturated rings. The summed E-state index contributed by atoms with van der Waals surface area (Å²) in [5.74, 6) is 0.441. The monoisotopic (exact) mass is 467 g/mol. The summed E-state index contributed by atoms with van der Waals surface area (Å²) in [4.78, 5) is 16.8. The average molecular weight is 468 g/mol. The third-order valence-corrected chi connectivity index (χ3v) is 6.67. The fraction of sp³-hybridized carbons (Fsp3) is 0.190. The second-order valence-corrected chi connectivity index (χ2v) is 9.23. The number of fused-ring (bicyclic) bond motifs is 1. The second kappa shape index (κ2) is 7.70. The van der Waals surface area contributed by atoms with Crippen molar-refractivity contribution >= 4 is 49.8 Å². The van der Waals surface area contributed by atoms with Crippen LogP contribution in [-0.4, -0.2) is 41.3 Å². The number of benzene rings is 1.